The number of aryl methyl sites for hydroxylation is 2. The van der Waals surface area contributed by atoms with Crippen molar-refractivity contribution in [3.8, 4) is 0 Å². The maximum atomic E-state index is 11.4. The fourth-order valence-electron chi connectivity index (χ4n) is 2.15. The van der Waals surface area contributed by atoms with Crippen LogP contribution >= 0.6 is 0 Å². The molecule has 0 aliphatic carbocycles. The molecule has 0 fully saturated rings. The Labute approximate surface area is 101 Å². The number of aromatic nitrogens is 1. The SMILES string of the molecule is Cc1cc2c(C(C)(C)C(=O)O)cccc2n1C. The number of aliphatic carboxylic acids is 1. The van der Waals surface area contributed by atoms with E-state index in [-0.39, 0.29) is 0 Å². The summed E-state index contributed by atoms with van der Waals surface area (Å²) < 4.78 is 2.08. The van der Waals surface area contributed by atoms with Gasteiger partial charge < -0.3 is 9.67 Å². The fourth-order valence-corrected chi connectivity index (χ4v) is 2.15. The zero-order valence-corrected chi connectivity index (χ0v) is 10.6. The molecule has 0 aliphatic rings. The van der Waals surface area contributed by atoms with Crippen LogP contribution in [0.2, 0.25) is 0 Å². The van der Waals surface area contributed by atoms with Crippen molar-refractivity contribution in [2.45, 2.75) is 26.2 Å². The van der Waals surface area contributed by atoms with Crippen LogP contribution in [0.25, 0.3) is 10.9 Å². The molecule has 0 amide bonds. The van der Waals surface area contributed by atoms with Crippen LogP contribution in [0.1, 0.15) is 25.1 Å². The monoisotopic (exact) mass is 231 g/mol. The van der Waals surface area contributed by atoms with Gasteiger partial charge in [-0.05, 0) is 38.5 Å². The molecule has 0 saturated carbocycles. The number of fused-ring (bicyclic) bond motifs is 1. The summed E-state index contributed by atoms with van der Waals surface area (Å²) in [5.74, 6) is -0.800. The highest BCUT2D eigenvalue weighted by Crippen LogP contribution is 2.32. The second kappa shape index (κ2) is 3.62. The number of carbonyl (C=O) groups is 1. The Morgan fingerprint density at radius 3 is 2.59 bits per heavy atom. The van der Waals surface area contributed by atoms with Crippen LogP contribution in [0.4, 0.5) is 0 Å². The minimum atomic E-state index is -0.868. The van der Waals surface area contributed by atoms with Gasteiger partial charge >= 0.3 is 5.97 Å². The van der Waals surface area contributed by atoms with Crippen LogP contribution < -0.4 is 0 Å². The van der Waals surface area contributed by atoms with E-state index >= 15 is 0 Å². The molecule has 0 aliphatic heterocycles. The van der Waals surface area contributed by atoms with Gasteiger partial charge in [-0.1, -0.05) is 12.1 Å². The van der Waals surface area contributed by atoms with E-state index in [1.165, 1.54) is 0 Å². The van der Waals surface area contributed by atoms with Gasteiger partial charge in [0, 0.05) is 23.6 Å². The van der Waals surface area contributed by atoms with E-state index in [0.717, 1.165) is 22.2 Å². The minimum Gasteiger partial charge on any atom is -0.481 e. The first-order valence-electron chi connectivity index (χ1n) is 5.64. The lowest BCUT2D eigenvalue weighted by Crippen LogP contribution is -2.28. The third kappa shape index (κ3) is 1.62. The molecule has 3 heteroatoms. The zero-order chi connectivity index (χ0) is 12.8. The molecule has 0 atom stereocenters. The standard InChI is InChI=1S/C14H17NO2/c1-9-8-10-11(14(2,3)13(16)17)6-5-7-12(10)15(9)4/h5-8H,1-4H3,(H,16,17). The van der Waals surface area contributed by atoms with E-state index < -0.39 is 11.4 Å². The van der Waals surface area contributed by atoms with E-state index in [1.807, 2.05) is 32.2 Å². The van der Waals surface area contributed by atoms with Crippen molar-refractivity contribution in [1.82, 2.24) is 4.57 Å². The number of carboxylic acids is 1. The number of benzene rings is 1. The summed E-state index contributed by atoms with van der Waals surface area (Å²) in [5.41, 5.74) is 2.21. The smallest absolute Gasteiger partial charge is 0.313 e. The number of nitrogens with zero attached hydrogens (tertiary/aromatic N) is 1. The molecule has 0 unspecified atom stereocenters. The molecule has 0 spiro atoms. The summed E-state index contributed by atoms with van der Waals surface area (Å²) in [7, 11) is 2.00. The average Bonchev–Trinajstić information content (AvgIpc) is 2.55. The van der Waals surface area contributed by atoms with Crippen molar-refractivity contribution >= 4 is 16.9 Å². The van der Waals surface area contributed by atoms with Crippen LogP contribution in [0.3, 0.4) is 0 Å². The molecule has 1 heterocycles. The Bertz CT molecular complexity index is 594. The summed E-state index contributed by atoms with van der Waals surface area (Å²) in [6.07, 6.45) is 0. The molecule has 0 saturated heterocycles. The van der Waals surface area contributed by atoms with Gasteiger partial charge in [0.15, 0.2) is 0 Å². The molecule has 1 N–H and O–H groups in total. The lowest BCUT2D eigenvalue weighted by Gasteiger charge is -2.20. The third-order valence-electron chi connectivity index (χ3n) is 3.53. The van der Waals surface area contributed by atoms with Gasteiger partial charge in [-0.3, -0.25) is 4.79 Å². The highest BCUT2D eigenvalue weighted by Gasteiger charge is 2.31. The van der Waals surface area contributed by atoms with Crippen LogP contribution in [-0.4, -0.2) is 15.6 Å². The maximum Gasteiger partial charge on any atom is 0.313 e. The average molecular weight is 231 g/mol. The van der Waals surface area contributed by atoms with E-state index in [2.05, 4.69) is 10.6 Å². The van der Waals surface area contributed by atoms with Crippen molar-refractivity contribution in [2.75, 3.05) is 0 Å². The van der Waals surface area contributed by atoms with Crippen molar-refractivity contribution < 1.29 is 9.90 Å². The maximum absolute atomic E-state index is 11.4. The largest absolute Gasteiger partial charge is 0.481 e. The van der Waals surface area contributed by atoms with Crippen molar-refractivity contribution in [3.05, 3.63) is 35.5 Å². The Morgan fingerprint density at radius 2 is 2.00 bits per heavy atom. The Balaban J connectivity index is 2.80. The Kier molecular flexibility index (Phi) is 2.49. The third-order valence-corrected chi connectivity index (χ3v) is 3.53. The predicted molar refractivity (Wildman–Crippen MR) is 68.3 cm³/mol. The highest BCUT2D eigenvalue weighted by atomic mass is 16.4. The first kappa shape index (κ1) is 11.7. The van der Waals surface area contributed by atoms with Crippen molar-refractivity contribution in [3.63, 3.8) is 0 Å². The van der Waals surface area contributed by atoms with E-state index in [4.69, 9.17) is 0 Å². The molecule has 2 rings (SSSR count). The van der Waals surface area contributed by atoms with Crippen LogP contribution in [0.5, 0.6) is 0 Å². The molecule has 0 radical (unpaired) electrons. The van der Waals surface area contributed by atoms with Gasteiger partial charge in [-0.25, -0.2) is 0 Å². The highest BCUT2D eigenvalue weighted by molar-refractivity contribution is 5.92. The molecule has 1 aromatic carbocycles. The fraction of sp³-hybridized carbons (Fsp3) is 0.357. The molecule has 90 valence electrons. The molecule has 0 bridgehead atoms. The summed E-state index contributed by atoms with van der Waals surface area (Å²) in [6, 6.07) is 7.89. The molecular weight excluding hydrogens is 214 g/mol. The lowest BCUT2D eigenvalue weighted by molar-refractivity contribution is -0.142. The topological polar surface area (TPSA) is 42.2 Å². The summed E-state index contributed by atoms with van der Waals surface area (Å²) >= 11 is 0. The quantitative estimate of drug-likeness (QED) is 0.863. The first-order chi connectivity index (χ1) is 7.85. The van der Waals surface area contributed by atoms with E-state index in [9.17, 15) is 9.90 Å². The number of hydrogen-bond acceptors (Lipinski definition) is 1. The number of rotatable bonds is 2. The molecular formula is C14H17NO2. The predicted octanol–water partition coefficient (Wildman–Crippen LogP) is 2.85. The zero-order valence-electron chi connectivity index (χ0n) is 10.6. The van der Waals surface area contributed by atoms with Gasteiger partial charge in [0.1, 0.15) is 0 Å². The summed E-state index contributed by atoms with van der Waals surface area (Å²) in [4.78, 5) is 11.4. The molecule has 1 aromatic heterocycles. The van der Waals surface area contributed by atoms with Gasteiger partial charge in [-0.2, -0.15) is 0 Å². The van der Waals surface area contributed by atoms with Crippen molar-refractivity contribution in [2.24, 2.45) is 7.05 Å². The van der Waals surface area contributed by atoms with Gasteiger partial charge in [-0.15, -0.1) is 0 Å². The molecule has 3 nitrogen and oxygen atoms in total. The molecule has 17 heavy (non-hydrogen) atoms. The lowest BCUT2D eigenvalue weighted by atomic mass is 9.83. The number of hydrogen-bond donors (Lipinski definition) is 1. The minimum absolute atomic E-state index is 0.800. The van der Waals surface area contributed by atoms with E-state index in [1.54, 1.807) is 13.8 Å². The molecule has 2 aromatic rings. The second-order valence-corrected chi connectivity index (χ2v) is 5.01. The van der Waals surface area contributed by atoms with Crippen LogP contribution in [0, 0.1) is 6.92 Å². The normalized spacial score (nSPS) is 12.0. The van der Waals surface area contributed by atoms with Gasteiger partial charge in [0.2, 0.25) is 0 Å². The van der Waals surface area contributed by atoms with Gasteiger partial charge in [0.05, 0.1) is 5.41 Å². The second-order valence-electron chi connectivity index (χ2n) is 5.01. The van der Waals surface area contributed by atoms with Crippen molar-refractivity contribution in [1.29, 1.82) is 0 Å². The number of carboxylic acid groups (broad SMARTS) is 1. The summed E-state index contributed by atoms with van der Waals surface area (Å²) in [6.45, 7) is 5.51. The first-order valence-corrected chi connectivity index (χ1v) is 5.64. The Hall–Kier alpha value is -1.77. The van der Waals surface area contributed by atoms with E-state index in [0.29, 0.717) is 0 Å². The van der Waals surface area contributed by atoms with Gasteiger partial charge in [0.25, 0.3) is 0 Å². The van der Waals surface area contributed by atoms with Crippen LogP contribution in [0.15, 0.2) is 24.3 Å². The van der Waals surface area contributed by atoms with Crippen LogP contribution in [-0.2, 0) is 17.3 Å². The Morgan fingerprint density at radius 1 is 1.35 bits per heavy atom. The summed E-state index contributed by atoms with van der Waals surface area (Å²) in [5, 5.41) is 10.4.